The molecule has 0 saturated carbocycles. The molecule has 2 N–H and O–H groups in total. The molecule has 0 aliphatic rings. The molecule has 102 valence electrons. The highest BCUT2D eigenvalue weighted by Crippen LogP contribution is 2.36. The molecule has 0 atom stereocenters. The third kappa shape index (κ3) is 6.18. The van der Waals surface area contributed by atoms with Crippen LogP contribution in [0.2, 0.25) is 0 Å². The van der Waals surface area contributed by atoms with Gasteiger partial charge in [-0.05, 0) is 36.0 Å². The largest absolute Gasteiger partial charge is 0.446 e. The number of thioether (sulfide) groups is 1. The number of aliphatic hydroxyl groups is 1. The van der Waals surface area contributed by atoms with Gasteiger partial charge in [0.25, 0.3) is 5.91 Å². The number of benzene rings is 1. The molecule has 19 heavy (non-hydrogen) atoms. The van der Waals surface area contributed by atoms with Crippen LogP contribution in [0.4, 0.5) is 13.2 Å². The van der Waals surface area contributed by atoms with Crippen LogP contribution < -0.4 is 5.32 Å². The van der Waals surface area contributed by atoms with E-state index in [1.54, 1.807) is 0 Å². The Morgan fingerprint density at radius 3 is 2.42 bits per heavy atom. The van der Waals surface area contributed by atoms with Gasteiger partial charge in [0.2, 0.25) is 0 Å². The van der Waals surface area contributed by atoms with Gasteiger partial charge >= 0.3 is 5.51 Å². The Morgan fingerprint density at radius 2 is 1.89 bits per heavy atom. The predicted octanol–water partition coefficient (Wildman–Crippen LogP) is 2.02. The van der Waals surface area contributed by atoms with Crippen LogP contribution in [-0.4, -0.2) is 29.7 Å². The Bertz CT molecular complexity index is 488. The molecule has 0 bridgehead atoms. The van der Waals surface area contributed by atoms with E-state index in [1.165, 1.54) is 24.3 Å². The van der Waals surface area contributed by atoms with E-state index in [0.717, 1.165) is 0 Å². The van der Waals surface area contributed by atoms with Crippen molar-refractivity contribution in [2.45, 2.75) is 10.4 Å². The van der Waals surface area contributed by atoms with Gasteiger partial charge in [-0.25, -0.2) is 0 Å². The molecule has 0 aliphatic carbocycles. The number of rotatable bonds is 3. The molecule has 3 nitrogen and oxygen atoms in total. The summed E-state index contributed by atoms with van der Waals surface area (Å²) in [7, 11) is 0. The molecule has 7 heteroatoms. The average Bonchev–Trinajstić information content (AvgIpc) is 2.33. The first-order chi connectivity index (χ1) is 8.92. The molecule has 1 aromatic carbocycles. The van der Waals surface area contributed by atoms with Crippen LogP contribution in [0, 0.1) is 11.8 Å². The van der Waals surface area contributed by atoms with Crippen molar-refractivity contribution in [3.05, 3.63) is 29.8 Å². The Kier molecular flexibility index (Phi) is 5.73. The molecule has 1 aromatic rings. The van der Waals surface area contributed by atoms with Crippen LogP contribution >= 0.6 is 11.8 Å². The number of carbonyl (C=O) groups is 1. The summed E-state index contributed by atoms with van der Waals surface area (Å²) in [4.78, 5) is 11.6. The first-order valence-corrected chi connectivity index (χ1v) is 5.94. The van der Waals surface area contributed by atoms with Crippen LogP contribution in [-0.2, 0) is 0 Å². The van der Waals surface area contributed by atoms with Crippen molar-refractivity contribution in [3.8, 4) is 11.8 Å². The summed E-state index contributed by atoms with van der Waals surface area (Å²) in [6.07, 6.45) is 0. The molecule has 0 aromatic heterocycles. The summed E-state index contributed by atoms with van der Waals surface area (Å²) >= 11 is -0.236. The summed E-state index contributed by atoms with van der Waals surface area (Å²) in [5.41, 5.74) is -4.10. The Hall–Kier alpha value is -1.65. The van der Waals surface area contributed by atoms with Crippen molar-refractivity contribution < 1.29 is 23.1 Å². The van der Waals surface area contributed by atoms with Crippen molar-refractivity contribution in [2.75, 3.05) is 13.2 Å². The molecule has 0 heterocycles. The fourth-order valence-corrected chi connectivity index (χ4v) is 1.69. The highest BCUT2D eigenvalue weighted by Gasteiger charge is 2.29. The Balaban J connectivity index is 2.58. The van der Waals surface area contributed by atoms with E-state index in [2.05, 4.69) is 17.2 Å². The lowest BCUT2D eigenvalue weighted by atomic mass is 10.2. The number of nitrogens with one attached hydrogen (secondary N) is 1. The van der Waals surface area contributed by atoms with Crippen molar-refractivity contribution in [2.24, 2.45) is 0 Å². The highest BCUT2D eigenvalue weighted by atomic mass is 32.2. The van der Waals surface area contributed by atoms with E-state index in [0.29, 0.717) is 0 Å². The Morgan fingerprint density at radius 1 is 1.26 bits per heavy atom. The summed E-state index contributed by atoms with van der Waals surface area (Å²) in [6.45, 7) is -0.225. The van der Waals surface area contributed by atoms with Gasteiger partial charge in [0.05, 0.1) is 6.54 Å². The lowest BCUT2D eigenvalue weighted by Crippen LogP contribution is -2.23. The molecule has 0 aliphatic heterocycles. The van der Waals surface area contributed by atoms with Crippen molar-refractivity contribution in [1.82, 2.24) is 5.32 Å². The summed E-state index contributed by atoms with van der Waals surface area (Å²) in [6, 6.07) is 5.07. The number of carbonyl (C=O) groups excluding carboxylic acids is 1. The topological polar surface area (TPSA) is 49.3 Å². The van der Waals surface area contributed by atoms with Crippen molar-refractivity contribution in [1.29, 1.82) is 0 Å². The van der Waals surface area contributed by atoms with Crippen LogP contribution in [0.3, 0.4) is 0 Å². The Labute approximate surface area is 112 Å². The zero-order valence-electron chi connectivity index (χ0n) is 9.62. The third-order valence-electron chi connectivity index (χ3n) is 1.89. The minimum Gasteiger partial charge on any atom is -0.384 e. The summed E-state index contributed by atoms with van der Waals surface area (Å²) in [5.74, 6) is 4.41. The van der Waals surface area contributed by atoms with E-state index in [9.17, 15) is 18.0 Å². The number of halogens is 3. The first-order valence-electron chi connectivity index (χ1n) is 5.13. The van der Waals surface area contributed by atoms with Gasteiger partial charge in [0.15, 0.2) is 0 Å². The second-order valence-electron chi connectivity index (χ2n) is 3.27. The zero-order chi connectivity index (χ0) is 14.3. The van der Waals surface area contributed by atoms with Crippen LogP contribution in [0.25, 0.3) is 0 Å². The minimum absolute atomic E-state index is 0.0177. The zero-order valence-corrected chi connectivity index (χ0v) is 10.4. The van der Waals surface area contributed by atoms with E-state index < -0.39 is 11.4 Å². The van der Waals surface area contributed by atoms with Gasteiger partial charge in [-0.2, -0.15) is 13.2 Å². The van der Waals surface area contributed by atoms with Crippen LogP contribution in [0.15, 0.2) is 29.2 Å². The smallest absolute Gasteiger partial charge is 0.384 e. The maximum Gasteiger partial charge on any atom is 0.446 e. The molecule has 0 spiro atoms. The fourth-order valence-electron chi connectivity index (χ4n) is 1.15. The second-order valence-corrected chi connectivity index (χ2v) is 4.40. The van der Waals surface area contributed by atoms with Crippen molar-refractivity contribution in [3.63, 3.8) is 0 Å². The molecular formula is C12H10F3NO2S. The fraction of sp³-hybridized carbons (Fsp3) is 0.250. The normalized spacial score (nSPS) is 10.5. The van der Waals surface area contributed by atoms with E-state index in [1.807, 2.05) is 0 Å². The van der Waals surface area contributed by atoms with Gasteiger partial charge in [0, 0.05) is 10.5 Å². The quantitative estimate of drug-likeness (QED) is 0.661. The lowest BCUT2D eigenvalue weighted by Gasteiger charge is -2.06. The number of alkyl halides is 3. The first kappa shape index (κ1) is 15.4. The number of hydrogen-bond acceptors (Lipinski definition) is 3. The molecular weight excluding hydrogens is 279 g/mol. The lowest BCUT2D eigenvalue weighted by molar-refractivity contribution is -0.0328. The number of aliphatic hydroxyl groups excluding tert-OH is 1. The molecule has 0 unspecified atom stereocenters. The third-order valence-corrected chi connectivity index (χ3v) is 2.63. The van der Waals surface area contributed by atoms with Crippen molar-refractivity contribution >= 4 is 17.7 Å². The molecule has 1 amide bonds. The SMILES string of the molecule is O=C(NCC#CCO)c1ccc(SC(F)(F)F)cc1. The van der Waals surface area contributed by atoms with Crippen LogP contribution in [0.5, 0.6) is 0 Å². The summed E-state index contributed by atoms with van der Waals surface area (Å²) in [5, 5.41) is 10.8. The van der Waals surface area contributed by atoms with Gasteiger partial charge in [0.1, 0.15) is 6.61 Å². The average molecular weight is 289 g/mol. The summed E-state index contributed by atoms with van der Waals surface area (Å²) < 4.78 is 36.3. The van der Waals surface area contributed by atoms with Gasteiger partial charge in [-0.15, -0.1) is 0 Å². The van der Waals surface area contributed by atoms with E-state index in [4.69, 9.17) is 5.11 Å². The van der Waals surface area contributed by atoms with E-state index >= 15 is 0 Å². The van der Waals surface area contributed by atoms with Gasteiger partial charge in [-0.1, -0.05) is 11.8 Å². The van der Waals surface area contributed by atoms with Gasteiger partial charge in [-0.3, -0.25) is 4.79 Å². The minimum atomic E-state index is -4.34. The van der Waals surface area contributed by atoms with Gasteiger partial charge < -0.3 is 10.4 Å². The molecule has 0 fully saturated rings. The monoisotopic (exact) mass is 289 g/mol. The highest BCUT2D eigenvalue weighted by molar-refractivity contribution is 8.00. The standard InChI is InChI=1S/C12H10F3NO2S/c13-12(14,15)19-10-5-3-9(4-6-10)11(18)16-7-1-2-8-17/h3-6,17H,7-8H2,(H,16,18). The molecule has 0 radical (unpaired) electrons. The molecule has 1 rings (SSSR count). The number of hydrogen-bond donors (Lipinski definition) is 2. The maximum atomic E-state index is 12.1. The maximum absolute atomic E-state index is 12.1. The van der Waals surface area contributed by atoms with E-state index in [-0.39, 0.29) is 35.4 Å². The number of amides is 1. The molecule has 0 saturated heterocycles. The van der Waals surface area contributed by atoms with Crippen LogP contribution in [0.1, 0.15) is 10.4 Å². The second kappa shape index (κ2) is 7.07. The predicted molar refractivity (Wildman–Crippen MR) is 65.5 cm³/mol.